The molecule has 6 heteroatoms. The molecule has 2 aromatic rings. The lowest BCUT2D eigenvalue weighted by Crippen LogP contribution is -2.27. The monoisotopic (exact) mass is 273 g/mol. The van der Waals surface area contributed by atoms with Crippen molar-refractivity contribution in [3.05, 3.63) is 41.7 Å². The summed E-state index contributed by atoms with van der Waals surface area (Å²) in [7, 11) is 0. The fourth-order valence-corrected chi connectivity index (χ4v) is 1.90. The summed E-state index contributed by atoms with van der Waals surface area (Å²) in [4.78, 5) is 23.3. The fourth-order valence-electron chi connectivity index (χ4n) is 1.90. The molecule has 2 heterocycles. The molecule has 0 aliphatic carbocycles. The smallest absolute Gasteiger partial charge is 0.254 e. The molecular weight excluding hydrogens is 254 g/mol. The number of aromatic amines is 1. The van der Waals surface area contributed by atoms with Crippen LogP contribution in [-0.4, -0.2) is 33.9 Å². The third-order valence-electron chi connectivity index (χ3n) is 2.89. The minimum absolute atomic E-state index is 0.118. The van der Waals surface area contributed by atoms with Crippen LogP contribution in [-0.2, 0) is 6.42 Å². The third kappa shape index (κ3) is 3.57. The van der Waals surface area contributed by atoms with Crippen LogP contribution in [0, 0.1) is 6.92 Å². The lowest BCUT2D eigenvalue weighted by molar-refractivity contribution is 0.0954. The first-order valence-electron chi connectivity index (χ1n) is 6.66. The quantitative estimate of drug-likeness (QED) is 0.745. The van der Waals surface area contributed by atoms with Gasteiger partial charge in [0, 0.05) is 43.3 Å². The number of nitrogens with zero attached hydrogens (tertiary/aromatic N) is 2. The molecule has 106 valence electrons. The van der Waals surface area contributed by atoms with Crippen molar-refractivity contribution in [1.29, 1.82) is 0 Å². The van der Waals surface area contributed by atoms with E-state index >= 15 is 0 Å². The molecule has 0 saturated carbocycles. The number of amides is 1. The van der Waals surface area contributed by atoms with E-state index in [1.807, 2.05) is 19.9 Å². The Morgan fingerprint density at radius 2 is 2.25 bits per heavy atom. The highest BCUT2D eigenvalue weighted by atomic mass is 16.1. The molecule has 0 aliphatic rings. The number of hydrogen-bond donors (Lipinski definition) is 3. The molecule has 0 fully saturated rings. The maximum absolute atomic E-state index is 12.2. The van der Waals surface area contributed by atoms with E-state index in [1.165, 1.54) is 0 Å². The van der Waals surface area contributed by atoms with E-state index < -0.39 is 0 Å². The van der Waals surface area contributed by atoms with Crippen LogP contribution in [0.2, 0.25) is 0 Å². The second kappa shape index (κ2) is 6.70. The molecule has 0 radical (unpaired) electrons. The normalized spacial score (nSPS) is 10.3. The zero-order valence-corrected chi connectivity index (χ0v) is 11.7. The minimum atomic E-state index is -0.118. The number of rotatable bonds is 6. The van der Waals surface area contributed by atoms with E-state index in [-0.39, 0.29) is 5.91 Å². The van der Waals surface area contributed by atoms with E-state index in [1.54, 1.807) is 18.7 Å². The highest BCUT2D eigenvalue weighted by Crippen LogP contribution is 2.15. The van der Waals surface area contributed by atoms with Crippen molar-refractivity contribution in [3.63, 3.8) is 0 Å². The summed E-state index contributed by atoms with van der Waals surface area (Å²) < 4.78 is 0. The molecule has 20 heavy (non-hydrogen) atoms. The molecule has 0 saturated heterocycles. The summed E-state index contributed by atoms with van der Waals surface area (Å²) in [5, 5.41) is 6.07. The lowest BCUT2D eigenvalue weighted by Gasteiger charge is -2.11. The van der Waals surface area contributed by atoms with Gasteiger partial charge in [0.1, 0.15) is 0 Å². The van der Waals surface area contributed by atoms with Crippen molar-refractivity contribution < 1.29 is 4.79 Å². The minimum Gasteiger partial charge on any atom is -0.385 e. The highest BCUT2D eigenvalue weighted by Gasteiger charge is 2.11. The van der Waals surface area contributed by atoms with Gasteiger partial charge in [-0.1, -0.05) is 0 Å². The summed E-state index contributed by atoms with van der Waals surface area (Å²) in [5.41, 5.74) is 3.27. The van der Waals surface area contributed by atoms with E-state index in [2.05, 4.69) is 25.6 Å². The van der Waals surface area contributed by atoms with Gasteiger partial charge in [0.2, 0.25) is 0 Å². The van der Waals surface area contributed by atoms with Crippen LogP contribution in [0.5, 0.6) is 0 Å². The molecule has 2 rings (SSSR count). The summed E-state index contributed by atoms with van der Waals surface area (Å²) in [6.07, 6.45) is 5.72. The van der Waals surface area contributed by atoms with Gasteiger partial charge < -0.3 is 15.6 Å². The number of aromatic nitrogens is 3. The SMILES string of the molecule is CCNc1cc(C)ncc1C(=O)NCCc1cnc[nH]1. The Labute approximate surface area is 118 Å². The Balaban J connectivity index is 1.97. The molecule has 0 atom stereocenters. The van der Waals surface area contributed by atoms with Gasteiger partial charge in [0.05, 0.1) is 17.6 Å². The first kappa shape index (κ1) is 14.0. The lowest BCUT2D eigenvalue weighted by atomic mass is 10.2. The van der Waals surface area contributed by atoms with Crippen molar-refractivity contribution >= 4 is 11.6 Å². The first-order valence-corrected chi connectivity index (χ1v) is 6.66. The van der Waals surface area contributed by atoms with Gasteiger partial charge in [-0.3, -0.25) is 9.78 Å². The Kier molecular flexibility index (Phi) is 4.70. The van der Waals surface area contributed by atoms with E-state index in [0.29, 0.717) is 12.1 Å². The summed E-state index contributed by atoms with van der Waals surface area (Å²) in [6, 6.07) is 1.88. The summed E-state index contributed by atoms with van der Waals surface area (Å²) >= 11 is 0. The van der Waals surface area contributed by atoms with E-state index in [0.717, 1.165) is 30.0 Å². The number of hydrogen-bond acceptors (Lipinski definition) is 4. The topological polar surface area (TPSA) is 82.7 Å². The van der Waals surface area contributed by atoms with E-state index in [4.69, 9.17) is 0 Å². The molecule has 2 aromatic heterocycles. The number of carbonyl (C=O) groups excluding carboxylic acids is 1. The van der Waals surface area contributed by atoms with Crippen LogP contribution in [0.15, 0.2) is 24.8 Å². The third-order valence-corrected chi connectivity index (χ3v) is 2.89. The Morgan fingerprint density at radius 3 is 2.95 bits per heavy atom. The van der Waals surface area contributed by atoms with Crippen LogP contribution in [0.1, 0.15) is 28.7 Å². The zero-order chi connectivity index (χ0) is 14.4. The molecule has 0 aliphatic heterocycles. The number of carbonyl (C=O) groups is 1. The Morgan fingerprint density at radius 1 is 1.40 bits per heavy atom. The molecule has 0 aromatic carbocycles. The van der Waals surface area contributed by atoms with Crippen LogP contribution in [0.3, 0.4) is 0 Å². The molecule has 3 N–H and O–H groups in total. The van der Waals surface area contributed by atoms with E-state index in [9.17, 15) is 4.79 Å². The van der Waals surface area contributed by atoms with Crippen molar-refractivity contribution in [2.75, 3.05) is 18.4 Å². The average Bonchev–Trinajstić information content (AvgIpc) is 2.92. The van der Waals surface area contributed by atoms with Crippen LogP contribution in [0.25, 0.3) is 0 Å². The fraction of sp³-hybridized carbons (Fsp3) is 0.357. The number of anilines is 1. The molecule has 1 amide bonds. The Bertz CT molecular complexity index is 565. The van der Waals surface area contributed by atoms with Crippen molar-refractivity contribution in [3.8, 4) is 0 Å². The zero-order valence-electron chi connectivity index (χ0n) is 11.7. The molecule has 6 nitrogen and oxygen atoms in total. The van der Waals surface area contributed by atoms with Gasteiger partial charge in [-0.15, -0.1) is 0 Å². The summed E-state index contributed by atoms with van der Waals surface area (Å²) in [5.74, 6) is -0.118. The van der Waals surface area contributed by atoms with Gasteiger partial charge in [0.25, 0.3) is 5.91 Å². The predicted molar refractivity (Wildman–Crippen MR) is 77.8 cm³/mol. The summed E-state index contributed by atoms with van der Waals surface area (Å²) in [6.45, 7) is 5.22. The van der Waals surface area contributed by atoms with Crippen molar-refractivity contribution in [2.45, 2.75) is 20.3 Å². The average molecular weight is 273 g/mol. The second-order valence-electron chi connectivity index (χ2n) is 4.48. The maximum Gasteiger partial charge on any atom is 0.254 e. The second-order valence-corrected chi connectivity index (χ2v) is 4.48. The molecular formula is C14H19N5O. The van der Waals surface area contributed by atoms with Crippen LogP contribution >= 0.6 is 0 Å². The number of nitrogens with one attached hydrogen (secondary N) is 3. The van der Waals surface area contributed by atoms with Gasteiger partial charge >= 0.3 is 0 Å². The molecule has 0 bridgehead atoms. The number of pyridine rings is 1. The van der Waals surface area contributed by atoms with Gasteiger partial charge in [0.15, 0.2) is 0 Å². The van der Waals surface area contributed by atoms with Crippen molar-refractivity contribution in [2.24, 2.45) is 0 Å². The van der Waals surface area contributed by atoms with Crippen LogP contribution < -0.4 is 10.6 Å². The number of aryl methyl sites for hydroxylation is 1. The Hall–Kier alpha value is -2.37. The standard InChI is InChI=1S/C14H19N5O/c1-3-16-13-6-10(2)18-8-12(13)14(20)17-5-4-11-7-15-9-19-11/h6-9H,3-5H2,1-2H3,(H,15,19)(H,16,18)(H,17,20). The largest absolute Gasteiger partial charge is 0.385 e. The van der Waals surface area contributed by atoms with Crippen molar-refractivity contribution in [1.82, 2.24) is 20.3 Å². The maximum atomic E-state index is 12.2. The first-order chi connectivity index (χ1) is 9.70. The number of imidazole rings is 1. The van der Waals surface area contributed by atoms with Gasteiger partial charge in [-0.25, -0.2) is 4.98 Å². The predicted octanol–water partition coefficient (Wildman–Crippen LogP) is 1.52. The highest BCUT2D eigenvalue weighted by molar-refractivity contribution is 5.99. The van der Waals surface area contributed by atoms with Gasteiger partial charge in [-0.05, 0) is 19.9 Å². The number of H-pyrrole nitrogens is 1. The van der Waals surface area contributed by atoms with Crippen LogP contribution in [0.4, 0.5) is 5.69 Å². The molecule has 0 spiro atoms. The molecule has 0 unspecified atom stereocenters. The van der Waals surface area contributed by atoms with Gasteiger partial charge in [-0.2, -0.15) is 0 Å².